The van der Waals surface area contributed by atoms with Gasteiger partial charge < -0.3 is 41.7 Å². The number of nitrogens with zero attached hydrogens (tertiary/aromatic N) is 4. The van der Waals surface area contributed by atoms with Gasteiger partial charge in [0.15, 0.2) is 11.4 Å². The van der Waals surface area contributed by atoms with Crippen molar-refractivity contribution in [1.29, 1.82) is 0 Å². The summed E-state index contributed by atoms with van der Waals surface area (Å²) in [6.45, 7) is 16.0. The topological polar surface area (TPSA) is 233 Å². The lowest BCUT2D eigenvalue weighted by Crippen LogP contribution is -2.33. The first-order chi connectivity index (χ1) is 32.1. The van der Waals surface area contributed by atoms with Gasteiger partial charge in [0.05, 0.1) is 48.5 Å². The van der Waals surface area contributed by atoms with Gasteiger partial charge in [-0.05, 0) is 71.2 Å². The summed E-state index contributed by atoms with van der Waals surface area (Å²) in [5.74, 6) is -1.90. The number of aliphatic carboxylic acids is 2. The molecule has 6 rings (SSSR count). The second-order valence-electron chi connectivity index (χ2n) is 18.8. The highest BCUT2D eigenvalue weighted by molar-refractivity contribution is 5.94. The Labute approximate surface area is 397 Å². The molecular weight excluding hydrogens is 865 g/mol. The predicted octanol–water partition coefficient (Wildman–Crippen LogP) is 7.89. The molecule has 0 aliphatic carbocycles. The molecule has 4 aromatic carbocycles. The number of carboxylic acid groups (broad SMARTS) is 2. The number of carboxylic acids is 2. The minimum Gasteiger partial charge on any atom is -0.481 e. The maximum Gasteiger partial charge on any atom is 0.305 e. The van der Waals surface area contributed by atoms with E-state index in [-0.39, 0.29) is 48.1 Å². The van der Waals surface area contributed by atoms with E-state index in [0.29, 0.717) is 11.6 Å². The largest absolute Gasteiger partial charge is 0.481 e. The summed E-state index contributed by atoms with van der Waals surface area (Å²) in [4.78, 5) is 49.3. The second-order valence-corrected chi connectivity index (χ2v) is 18.8. The first-order valence-corrected chi connectivity index (χ1v) is 22.4. The van der Waals surface area contributed by atoms with Crippen LogP contribution in [0.1, 0.15) is 110 Å². The number of rotatable bonds is 18. The van der Waals surface area contributed by atoms with E-state index in [4.69, 9.17) is 0 Å². The Bertz CT molecular complexity index is 2450. The highest BCUT2D eigenvalue weighted by Crippen LogP contribution is 2.27. The fraction of sp³-hybridized carbons (Fsp3) is 0.346. The zero-order valence-electron chi connectivity index (χ0n) is 39.9. The molecule has 8 N–H and O–H groups in total. The minimum absolute atomic E-state index is 0.139. The average molecular weight is 929 g/mol. The number of hydrogen-bond donors (Lipinski definition) is 8. The van der Waals surface area contributed by atoms with E-state index in [0.717, 1.165) is 33.6 Å². The number of para-hydroxylation sites is 2. The average Bonchev–Trinajstić information content (AvgIpc) is 3.92. The summed E-state index contributed by atoms with van der Waals surface area (Å²) in [7, 11) is 0. The van der Waals surface area contributed by atoms with Crippen molar-refractivity contribution in [2.45, 2.75) is 92.5 Å². The zero-order valence-corrected chi connectivity index (χ0v) is 39.9. The lowest BCUT2D eigenvalue weighted by atomic mass is 9.89. The third-order valence-electron chi connectivity index (χ3n) is 11.3. The van der Waals surface area contributed by atoms with Crippen LogP contribution in [0.15, 0.2) is 121 Å². The molecule has 0 aliphatic rings. The van der Waals surface area contributed by atoms with Crippen LogP contribution in [0, 0.1) is 24.7 Å². The summed E-state index contributed by atoms with van der Waals surface area (Å²) < 4.78 is 3.20. The molecule has 68 heavy (non-hydrogen) atoms. The van der Waals surface area contributed by atoms with Gasteiger partial charge in [-0.2, -0.15) is 10.2 Å². The zero-order chi connectivity index (χ0) is 49.8. The molecule has 0 bridgehead atoms. The molecule has 0 spiro atoms. The van der Waals surface area contributed by atoms with E-state index >= 15 is 0 Å². The Morgan fingerprint density at radius 3 is 1.16 bits per heavy atom. The maximum absolute atomic E-state index is 13.2. The third-order valence-corrected chi connectivity index (χ3v) is 11.3. The molecule has 0 saturated heterocycles. The van der Waals surface area contributed by atoms with Crippen LogP contribution < -0.4 is 21.3 Å². The Morgan fingerprint density at radius 2 is 0.853 bits per heavy atom. The summed E-state index contributed by atoms with van der Waals surface area (Å²) in [5.41, 5.74) is 4.40. The van der Waals surface area contributed by atoms with E-state index in [9.17, 15) is 39.6 Å². The number of amides is 2. The number of aromatic nitrogens is 4. The number of aliphatic hydroxyl groups excluding tert-OH is 2. The van der Waals surface area contributed by atoms with Gasteiger partial charge in [0.25, 0.3) is 11.8 Å². The predicted molar refractivity (Wildman–Crippen MR) is 262 cm³/mol. The van der Waals surface area contributed by atoms with Crippen LogP contribution in [0.4, 0.5) is 11.6 Å². The molecule has 0 aliphatic heterocycles. The lowest BCUT2D eigenvalue weighted by Gasteiger charge is -2.26. The first kappa shape index (κ1) is 51.7. The van der Waals surface area contributed by atoms with Gasteiger partial charge >= 0.3 is 11.9 Å². The lowest BCUT2D eigenvalue weighted by molar-refractivity contribution is -0.138. The molecule has 0 fully saturated rings. The van der Waals surface area contributed by atoms with Crippen LogP contribution in [0.2, 0.25) is 0 Å². The molecule has 16 heteroatoms. The van der Waals surface area contributed by atoms with Crippen molar-refractivity contribution in [1.82, 2.24) is 30.2 Å². The van der Waals surface area contributed by atoms with Crippen molar-refractivity contribution in [3.63, 3.8) is 0 Å². The molecule has 0 radical (unpaired) electrons. The molecular formula is C52H64N8O8. The number of benzene rings is 4. The highest BCUT2D eigenvalue weighted by atomic mass is 16.4. The van der Waals surface area contributed by atoms with Crippen LogP contribution in [0.3, 0.4) is 0 Å². The second kappa shape index (κ2) is 22.9. The van der Waals surface area contributed by atoms with Crippen molar-refractivity contribution in [2.75, 3.05) is 23.7 Å². The molecule has 2 aromatic heterocycles. The SMILES string of the molecule is Cc1ccccc1[C@H](CC(=O)O)NC(=O)c1cc(NC[C@@H](O)C(C)(C)C)n(-c2ccccc2)n1.Cc1ccccc1[C@H](CC(=O)O)NC(=O)c1cc(NC[C@H](O)C(C)(C)C)n(-c2ccccc2)n1. The summed E-state index contributed by atoms with van der Waals surface area (Å²) >= 11 is 0. The fourth-order valence-electron chi connectivity index (χ4n) is 7.03. The number of hydrogen-bond acceptors (Lipinski definition) is 10. The van der Waals surface area contributed by atoms with E-state index < -0.39 is 48.0 Å². The Balaban J connectivity index is 0.000000254. The Hall–Kier alpha value is -7.30. The van der Waals surface area contributed by atoms with Gasteiger partial charge in [0.1, 0.15) is 11.6 Å². The fourth-order valence-corrected chi connectivity index (χ4v) is 7.03. The van der Waals surface area contributed by atoms with Crippen LogP contribution in [0.25, 0.3) is 11.4 Å². The number of nitrogens with one attached hydrogen (secondary N) is 4. The maximum atomic E-state index is 13.2. The summed E-state index contributed by atoms with van der Waals surface area (Å²) in [5, 5.41) is 60.7. The Morgan fingerprint density at radius 1 is 0.529 bits per heavy atom. The van der Waals surface area contributed by atoms with Gasteiger partial charge in [0.2, 0.25) is 0 Å². The smallest absolute Gasteiger partial charge is 0.305 e. The molecule has 360 valence electrons. The number of anilines is 2. The molecule has 0 unspecified atom stereocenters. The summed E-state index contributed by atoms with van der Waals surface area (Å²) in [6.07, 6.45) is -1.74. The normalized spacial score (nSPS) is 13.2. The van der Waals surface area contributed by atoms with E-state index in [1.807, 2.05) is 165 Å². The van der Waals surface area contributed by atoms with Crippen LogP contribution in [0.5, 0.6) is 0 Å². The number of carbonyl (C=O) groups is 4. The van der Waals surface area contributed by atoms with Crippen molar-refractivity contribution >= 4 is 35.4 Å². The van der Waals surface area contributed by atoms with E-state index in [1.165, 1.54) is 0 Å². The minimum atomic E-state index is -1.01. The van der Waals surface area contributed by atoms with Gasteiger partial charge in [0, 0.05) is 25.2 Å². The number of aliphatic hydroxyl groups is 2. The van der Waals surface area contributed by atoms with Crippen LogP contribution in [-0.2, 0) is 9.59 Å². The van der Waals surface area contributed by atoms with Gasteiger partial charge in [-0.3, -0.25) is 19.2 Å². The molecule has 0 saturated carbocycles. The molecule has 6 aromatic rings. The molecule has 2 heterocycles. The highest BCUT2D eigenvalue weighted by Gasteiger charge is 2.27. The quantitative estimate of drug-likeness (QED) is 0.0411. The monoisotopic (exact) mass is 928 g/mol. The van der Waals surface area contributed by atoms with Gasteiger partial charge in [-0.1, -0.05) is 126 Å². The molecule has 2 amide bonds. The molecule has 4 atom stereocenters. The number of aryl methyl sites for hydroxylation is 2. The van der Waals surface area contributed by atoms with Crippen LogP contribution in [-0.4, -0.2) is 89.0 Å². The third kappa shape index (κ3) is 14.3. The first-order valence-electron chi connectivity index (χ1n) is 22.4. The molecule has 16 nitrogen and oxygen atoms in total. The van der Waals surface area contributed by atoms with E-state index in [1.54, 1.807) is 21.5 Å². The van der Waals surface area contributed by atoms with Crippen LogP contribution >= 0.6 is 0 Å². The van der Waals surface area contributed by atoms with Crippen molar-refractivity contribution < 1.29 is 39.6 Å². The van der Waals surface area contributed by atoms with Gasteiger partial charge in [-0.25, -0.2) is 9.36 Å². The van der Waals surface area contributed by atoms with Crippen molar-refractivity contribution in [2.24, 2.45) is 10.8 Å². The van der Waals surface area contributed by atoms with Crippen molar-refractivity contribution in [3.8, 4) is 11.4 Å². The standard InChI is InChI=1S/2C26H32N4O4/c2*1-17-10-8-9-13-19(17)20(15-24(32)33)28-25(34)21-14-23(27-16-22(31)26(2,3)4)30(29-21)18-11-6-5-7-12-18/h2*5-14,20,22,27,31H,15-16H2,1-4H3,(H,28,34)(H,32,33)/t20-,22+;20-,22-/m00/s1. The summed E-state index contributed by atoms with van der Waals surface area (Å²) in [6, 6.07) is 35.2. The number of carbonyl (C=O) groups excluding carboxylic acids is 2. The van der Waals surface area contributed by atoms with Gasteiger partial charge in [-0.15, -0.1) is 0 Å². The van der Waals surface area contributed by atoms with E-state index in [2.05, 4.69) is 31.5 Å². The Kier molecular flexibility index (Phi) is 17.4. The van der Waals surface area contributed by atoms with Crippen molar-refractivity contribution in [3.05, 3.63) is 155 Å².